The third-order valence-electron chi connectivity index (χ3n) is 5.92. The van der Waals surface area contributed by atoms with Crippen LogP contribution in [-0.2, 0) is 14.8 Å². The minimum atomic E-state index is -4.47. The number of hydrogen-bond acceptors (Lipinski definition) is 7. The average Bonchev–Trinajstić information content (AvgIpc) is 2.90. The lowest BCUT2D eigenvalue weighted by Crippen LogP contribution is -2.42. The lowest BCUT2D eigenvalue weighted by Gasteiger charge is -2.27. The fraction of sp³-hybridized carbons (Fsp3) is 0.269. The van der Waals surface area contributed by atoms with Gasteiger partial charge in [-0.25, -0.2) is 8.42 Å². The molecule has 0 radical (unpaired) electrons. The molecule has 3 rings (SSSR count). The molecule has 0 saturated carbocycles. The third-order valence-corrected chi connectivity index (χ3v) is 7.91. The van der Waals surface area contributed by atoms with Crippen LogP contribution in [0.5, 0.6) is 11.5 Å². The van der Waals surface area contributed by atoms with E-state index in [0.717, 1.165) is 15.9 Å². The molecule has 38 heavy (non-hydrogen) atoms. The molecular weight excluding hydrogens is 534 g/mol. The van der Waals surface area contributed by atoms with Crippen LogP contribution in [0, 0.1) is 17.0 Å². The molecule has 0 heterocycles. The number of nitrogens with one attached hydrogen (secondary N) is 1. The van der Waals surface area contributed by atoms with Crippen LogP contribution in [0.3, 0.4) is 0 Å². The van der Waals surface area contributed by atoms with Crippen molar-refractivity contribution in [2.24, 2.45) is 0 Å². The van der Waals surface area contributed by atoms with E-state index in [-0.39, 0.29) is 27.0 Å². The molecule has 3 aromatic carbocycles. The molecule has 0 aliphatic rings. The van der Waals surface area contributed by atoms with E-state index in [4.69, 9.17) is 21.1 Å². The van der Waals surface area contributed by atoms with Crippen LogP contribution in [0.4, 0.5) is 11.4 Å². The first-order chi connectivity index (χ1) is 18.0. The first-order valence-corrected chi connectivity index (χ1v) is 13.4. The minimum absolute atomic E-state index is 0.0101. The first kappa shape index (κ1) is 28.7. The van der Waals surface area contributed by atoms with E-state index in [9.17, 15) is 23.3 Å². The monoisotopic (exact) mass is 561 g/mol. The Hall–Kier alpha value is -3.83. The highest BCUT2D eigenvalue weighted by atomic mass is 35.5. The van der Waals surface area contributed by atoms with Crippen LogP contribution in [0.1, 0.15) is 30.5 Å². The number of carbonyl (C=O) groups excluding carboxylic acids is 1. The molecule has 0 saturated heterocycles. The fourth-order valence-corrected chi connectivity index (χ4v) is 5.47. The van der Waals surface area contributed by atoms with Gasteiger partial charge in [0.25, 0.3) is 15.7 Å². The predicted octanol–water partition coefficient (Wildman–Crippen LogP) is 5.04. The van der Waals surface area contributed by atoms with Gasteiger partial charge < -0.3 is 14.8 Å². The number of rotatable bonds is 11. The van der Waals surface area contributed by atoms with Crippen molar-refractivity contribution in [3.63, 3.8) is 0 Å². The number of sulfonamides is 1. The standard InChI is InChI=1S/C26H28ClN3O7S/c1-5-22(18-7-10-20(36-3)11-8-18)28-26(31)16-29(24-14-19(27)9-13-25(24)37-4)38(34,35)21-12-6-17(2)23(15-21)30(32)33/h6-15,22H,5,16H2,1-4H3,(H,28,31)/t22-/m1/s1. The molecule has 0 fully saturated rings. The number of nitrogens with zero attached hydrogens (tertiary/aromatic N) is 2. The van der Waals surface area contributed by atoms with Crippen LogP contribution < -0.4 is 19.1 Å². The number of halogens is 1. The Bertz CT molecular complexity index is 1430. The summed E-state index contributed by atoms with van der Waals surface area (Å²) in [5, 5.41) is 14.6. The molecule has 0 bridgehead atoms. The Labute approximate surface area is 226 Å². The van der Waals surface area contributed by atoms with Gasteiger partial charge in [0.2, 0.25) is 5.91 Å². The molecule has 3 aromatic rings. The summed E-state index contributed by atoms with van der Waals surface area (Å²) in [7, 11) is -1.57. The zero-order valence-corrected chi connectivity index (χ0v) is 22.9. The predicted molar refractivity (Wildman–Crippen MR) is 145 cm³/mol. The fourth-order valence-electron chi connectivity index (χ4n) is 3.86. The topological polar surface area (TPSA) is 128 Å². The summed E-state index contributed by atoms with van der Waals surface area (Å²) in [5.74, 6) is 0.210. The van der Waals surface area contributed by atoms with Crippen LogP contribution in [0.2, 0.25) is 5.02 Å². The van der Waals surface area contributed by atoms with Gasteiger partial charge in [0, 0.05) is 16.7 Å². The summed E-state index contributed by atoms with van der Waals surface area (Å²) in [5.41, 5.74) is 0.754. The zero-order valence-electron chi connectivity index (χ0n) is 21.3. The van der Waals surface area contributed by atoms with Crippen molar-refractivity contribution in [3.8, 4) is 11.5 Å². The number of benzene rings is 3. The molecule has 202 valence electrons. The highest BCUT2D eigenvalue weighted by Gasteiger charge is 2.32. The Balaban J connectivity index is 2.04. The van der Waals surface area contributed by atoms with Gasteiger partial charge in [0.1, 0.15) is 18.0 Å². The Kier molecular flexibility index (Phi) is 9.18. The summed E-state index contributed by atoms with van der Waals surface area (Å²) in [4.78, 5) is 23.7. The molecule has 1 amide bonds. The summed E-state index contributed by atoms with van der Waals surface area (Å²) in [6.07, 6.45) is 0.537. The maximum Gasteiger partial charge on any atom is 0.273 e. The molecule has 12 heteroatoms. The maximum atomic E-state index is 13.8. The molecular formula is C26H28ClN3O7S. The molecule has 0 aromatic heterocycles. The second-order valence-corrected chi connectivity index (χ2v) is 10.6. The number of ether oxygens (including phenoxy) is 2. The number of hydrogen-bond donors (Lipinski definition) is 1. The minimum Gasteiger partial charge on any atom is -0.497 e. The number of aryl methyl sites for hydroxylation is 1. The SMILES string of the molecule is CC[C@@H](NC(=O)CN(c1cc(Cl)ccc1OC)S(=O)(=O)c1ccc(C)c([N+](=O)[O-])c1)c1ccc(OC)cc1. The second-order valence-electron chi connectivity index (χ2n) is 8.33. The van der Waals surface area contributed by atoms with E-state index in [2.05, 4.69) is 5.32 Å². The maximum absolute atomic E-state index is 13.8. The van der Waals surface area contributed by atoms with Crippen molar-refractivity contribution >= 4 is 38.9 Å². The van der Waals surface area contributed by atoms with Crippen molar-refractivity contribution < 1.29 is 27.6 Å². The smallest absolute Gasteiger partial charge is 0.273 e. The van der Waals surface area contributed by atoms with E-state index in [1.54, 1.807) is 19.2 Å². The molecule has 1 atom stereocenters. The Morgan fingerprint density at radius 1 is 1.08 bits per heavy atom. The first-order valence-electron chi connectivity index (χ1n) is 11.6. The second kappa shape index (κ2) is 12.1. The van der Waals surface area contributed by atoms with Gasteiger partial charge in [-0.05, 0) is 55.3 Å². The summed E-state index contributed by atoms with van der Waals surface area (Å²) >= 11 is 6.17. The summed E-state index contributed by atoms with van der Waals surface area (Å²) in [6, 6.07) is 14.7. The van der Waals surface area contributed by atoms with Gasteiger partial charge in [-0.3, -0.25) is 19.2 Å². The highest BCUT2D eigenvalue weighted by Crippen LogP contribution is 2.36. The zero-order chi connectivity index (χ0) is 28.0. The molecule has 0 aliphatic carbocycles. The largest absolute Gasteiger partial charge is 0.497 e. The van der Waals surface area contributed by atoms with Gasteiger partial charge >= 0.3 is 0 Å². The Morgan fingerprint density at radius 2 is 1.76 bits per heavy atom. The van der Waals surface area contributed by atoms with E-state index in [1.165, 1.54) is 44.4 Å². The number of nitro benzene ring substituents is 1. The number of methoxy groups -OCH3 is 2. The highest BCUT2D eigenvalue weighted by molar-refractivity contribution is 7.92. The van der Waals surface area contributed by atoms with Gasteiger partial charge in [-0.2, -0.15) is 0 Å². The van der Waals surface area contributed by atoms with Crippen molar-refractivity contribution in [2.75, 3.05) is 25.1 Å². The van der Waals surface area contributed by atoms with Gasteiger partial charge in [-0.15, -0.1) is 0 Å². The van der Waals surface area contributed by atoms with E-state index in [0.29, 0.717) is 17.7 Å². The number of amides is 1. The van der Waals surface area contributed by atoms with E-state index >= 15 is 0 Å². The molecule has 10 nitrogen and oxygen atoms in total. The Morgan fingerprint density at radius 3 is 2.34 bits per heavy atom. The van der Waals surface area contributed by atoms with Crippen LogP contribution in [0.15, 0.2) is 65.6 Å². The molecule has 0 aliphatic heterocycles. The van der Waals surface area contributed by atoms with E-state index in [1.807, 2.05) is 19.1 Å². The average molecular weight is 562 g/mol. The van der Waals surface area contributed by atoms with Crippen molar-refractivity contribution in [1.82, 2.24) is 5.32 Å². The summed E-state index contributed by atoms with van der Waals surface area (Å²) < 4.78 is 39.0. The molecule has 0 spiro atoms. The lowest BCUT2D eigenvalue weighted by atomic mass is 10.0. The van der Waals surface area contributed by atoms with E-state index < -0.39 is 33.4 Å². The normalized spacial score (nSPS) is 11.9. The van der Waals surface area contributed by atoms with Crippen molar-refractivity contribution in [1.29, 1.82) is 0 Å². The van der Waals surface area contributed by atoms with Gasteiger partial charge in [0.05, 0.1) is 35.8 Å². The lowest BCUT2D eigenvalue weighted by molar-refractivity contribution is -0.385. The number of anilines is 1. The van der Waals surface area contributed by atoms with Crippen molar-refractivity contribution in [2.45, 2.75) is 31.2 Å². The number of nitro groups is 1. The number of carbonyl (C=O) groups is 1. The summed E-state index contributed by atoms with van der Waals surface area (Å²) in [6.45, 7) is 2.76. The van der Waals surface area contributed by atoms with Crippen molar-refractivity contribution in [3.05, 3.63) is 86.9 Å². The quantitative estimate of drug-likeness (QED) is 0.256. The van der Waals surface area contributed by atoms with Gasteiger partial charge in [-0.1, -0.05) is 36.7 Å². The van der Waals surface area contributed by atoms with Crippen LogP contribution in [0.25, 0.3) is 0 Å². The molecule has 0 unspecified atom stereocenters. The van der Waals surface area contributed by atoms with Gasteiger partial charge in [0.15, 0.2) is 0 Å². The molecule has 1 N–H and O–H groups in total. The van der Waals surface area contributed by atoms with Crippen LogP contribution >= 0.6 is 11.6 Å². The van der Waals surface area contributed by atoms with Crippen LogP contribution in [-0.4, -0.2) is 40.0 Å². The third kappa shape index (κ3) is 6.35.